The molecule has 1 aliphatic rings. The molecule has 1 fully saturated rings. The van der Waals surface area contributed by atoms with Crippen molar-refractivity contribution in [3.8, 4) is 0 Å². The van der Waals surface area contributed by atoms with Gasteiger partial charge in [-0.25, -0.2) is 5.01 Å². The molecule has 2 rings (SSSR count). The monoisotopic (exact) mass is 274 g/mol. The van der Waals surface area contributed by atoms with Crippen LogP contribution in [0.2, 0.25) is 10.0 Å². The van der Waals surface area contributed by atoms with Crippen molar-refractivity contribution in [1.82, 2.24) is 5.01 Å². The number of piperidine rings is 1. The van der Waals surface area contributed by atoms with Crippen molar-refractivity contribution in [3.05, 3.63) is 33.8 Å². The van der Waals surface area contributed by atoms with Gasteiger partial charge in [-0.15, -0.1) is 0 Å². The van der Waals surface area contributed by atoms with E-state index in [1.165, 1.54) is 0 Å². The highest BCUT2D eigenvalue weighted by Crippen LogP contribution is 2.28. The van der Waals surface area contributed by atoms with Crippen LogP contribution in [0.15, 0.2) is 18.2 Å². The minimum absolute atomic E-state index is 0.532. The maximum absolute atomic E-state index is 10.4. The van der Waals surface area contributed by atoms with Crippen LogP contribution in [-0.2, 0) is 6.42 Å². The van der Waals surface area contributed by atoms with Gasteiger partial charge >= 0.3 is 0 Å². The zero-order chi connectivity index (χ0) is 12.5. The Hall–Kier alpha value is -0.320. The number of hydrogen-bond donors (Lipinski definition) is 2. The van der Waals surface area contributed by atoms with E-state index < -0.39 is 5.60 Å². The van der Waals surface area contributed by atoms with Gasteiger partial charge in [-0.2, -0.15) is 0 Å². The quantitative estimate of drug-likeness (QED) is 0.814. The lowest BCUT2D eigenvalue weighted by Crippen LogP contribution is -2.48. The van der Waals surface area contributed by atoms with Gasteiger partial charge in [-0.1, -0.05) is 29.3 Å². The summed E-state index contributed by atoms with van der Waals surface area (Å²) in [5.74, 6) is 5.68. The number of hydrogen-bond acceptors (Lipinski definition) is 3. The number of halogens is 2. The molecule has 5 heteroatoms. The lowest BCUT2D eigenvalue weighted by Gasteiger charge is -2.36. The van der Waals surface area contributed by atoms with Gasteiger partial charge in [-0.05, 0) is 30.5 Å². The first-order chi connectivity index (χ1) is 7.98. The summed E-state index contributed by atoms with van der Waals surface area (Å²) < 4.78 is 0. The molecule has 3 N–H and O–H groups in total. The maximum Gasteiger partial charge on any atom is 0.0713 e. The first kappa shape index (κ1) is 13.1. The number of nitrogens with two attached hydrogens (primary N) is 1. The van der Waals surface area contributed by atoms with Crippen molar-refractivity contribution < 1.29 is 5.11 Å². The zero-order valence-corrected chi connectivity index (χ0v) is 11.0. The van der Waals surface area contributed by atoms with Gasteiger partial charge in [0.05, 0.1) is 15.6 Å². The fourth-order valence-electron chi connectivity index (χ4n) is 2.15. The highest BCUT2D eigenvalue weighted by molar-refractivity contribution is 6.42. The van der Waals surface area contributed by atoms with E-state index in [0.29, 0.717) is 29.3 Å². The zero-order valence-electron chi connectivity index (χ0n) is 9.50. The SMILES string of the molecule is NN1CCC(O)(Cc2ccc(Cl)c(Cl)c2)CC1. The highest BCUT2D eigenvalue weighted by Gasteiger charge is 2.31. The van der Waals surface area contributed by atoms with E-state index in [1.807, 2.05) is 12.1 Å². The maximum atomic E-state index is 10.4. The summed E-state index contributed by atoms with van der Waals surface area (Å²) >= 11 is 11.8. The van der Waals surface area contributed by atoms with Crippen molar-refractivity contribution in [2.75, 3.05) is 13.1 Å². The summed E-state index contributed by atoms with van der Waals surface area (Å²) in [5.41, 5.74) is 0.333. The van der Waals surface area contributed by atoms with Crippen LogP contribution in [0.1, 0.15) is 18.4 Å². The van der Waals surface area contributed by atoms with E-state index in [2.05, 4.69) is 0 Å². The van der Waals surface area contributed by atoms with Crippen LogP contribution in [0.3, 0.4) is 0 Å². The molecule has 0 amide bonds. The molecule has 1 aliphatic heterocycles. The smallest absolute Gasteiger partial charge is 0.0713 e. The summed E-state index contributed by atoms with van der Waals surface area (Å²) in [6.45, 7) is 1.44. The van der Waals surface area contributed by atoms with Gasteiger partial charge in [0.2, 0.25) is 0 Å². The normalized spacial score (nSPS) is 20.5. The van der Waals surface area contributed by atoms with Crippen molar-refractivity contribution >= 4 is 23.2 Å². The van der Waals surface area contributed by atoms with Crippen LogP contribution in [0.5, 0.6) is 0 Å². The molecule has 1 aromatic rings. The van der Waals surface area contributed by atoms with Gasteiger partial charge in [0, 0.05) is 19.5 Å². The van der Waals surface area contributed by atoms with Crippen LogP contribution in [0.4, 0.5) is 0 Å². The summed E-state index contributed by atoms with van der Waals surface area (Å²) in [7, 11) is 0. The minimum Gasteiger partial charge on any atom is -0.389 e. The molecule has 0 unspecified atom stereocenters. The summed E-state index contributed by atoms with van der Waals surface area (Å²) in [6, 6.07) is 5.48. The van der Waals surface area contributed by atoms with Gasteiger partial charge < -0.3 is 5.11 Å². The van der Waals surface area contributed by atoms with Gasteiger partial charge in [0.15, 0.2) is 0 Å². The van der Waals surface area contributed by atoms with Crippen molar-refractivity contribution in [2.45, 2.75) is 24.9 Å². The minimum atomic E-state index is -0.674. The number of aliphatic hydroxyl groups is 1. The molecular weight excluding hydrogens is 259 g/mol. The largest absolute Gasteiger partial charge is 0.389 e. The number of benzene rings is 1. The third-order valence-electron chi connectivity index (χ3n) is 3.25. The molecule has 1 saturated heterocycles. The second-order valence-corrected chi connectivity index (χ2v) is 5.50. The number of hydrazine groups is 1. The molecule has 0 spiro atoms. The molecule has 0 aromatic heterocycles. The van der Waals surface area contributed by atoms with Gasteiger partial charge in [-0.3, -0.25) is 5.84 Å². The Morgan fingerprint density at radius 2 is 1.88 bits per heavy atom. The lowest BCUT2D eigenvalue weighted by molar-refractivity contribution is -0.0208. The molecule has 0 saturated carbocycles. The Labute approximate surface area is 111 Å². The first-order valence-corrected chi connectivity index (χ1v) is 6.40. The predicted molar refractivity (Wildman–Crippen MR) is 70.1 cm³/mol. The molecule has 0 aliphatic carbocycles. The second-order valence-electron chi connectivity index (χ2n) is 4.69. The number of rotatable bonds is 2. The van der Waals surface area contributed by atoms with Crippen molar-refractivity contribution in [2.24, 2.45) is 5.84 Å². The molecule has 0 atom stereocenters. The number of nitrogens with zero attached hydrogens (tertiary/aromatic N) is 1. The average Bonchev–Trinajstić information content (AvgIpc) is 2.28. The second kappa shape index (κ2) is 5.12. The van der Waals surface area contributed by atoms with E-state index in [4.69, 9.17) is 29.0 Å². The molecule has 0 bridgehead atoms. The molecule has 1 heterocycles. The van der Waals surface area contributed by atoms with E-state index in [9.17, 15) is 5.11 Å². The highest BCUT2D eigenvalue weighted by atomic mass is 35.5. The summed E-state index contributed by atoms with van der Waals surface area (Å²) in [6.07, 6.45) is 1.96. The molecular formula is C12H16Cl2N2O. The average molecular weight is 275 g/mol. The predicted octanol–water partition coefficient (Wildman–Crippen LogP) is 2.24. The Kier molecular flexibility index (Phi) is 3.95. The Bertz CT molecular complexity index is 403. The molecule has 94 valence electrons. The molecule has 3 nitrogen and oxygen atoms in total. The Morgan fingerprint density at radius 3 is 2.47 bits per heavy atom. The Morgan fingerprint density at radius 1 is 1.24 bits per heavy atom. The molecule has 0 radical (unpaired) electrons. The van der Waals surface area contributed by atoms with Crippen LogP contribution in [0.25, 0.3) is 0 Å². The van der Waals surface area contributed by atoms with Crippen molar-refractivity contribution in [1.29, 1.82) is 0 Å². The third-order valence-corrected chi connectivity index (χ3v) is 3.98. The first-order valence-electron chi connectivity index (χ1n) is 5.64. The van der Waals surface area contributed by atoms with E-state index in [1.54, 1.807) is 11.1 Å². The summed E-state index contributed by atoms with van der Waals surface area (Å²) in [4.78, 5) is 0. The fraction of sp³-hybridized carbons (Fsp3) is 0.500. The van der Waals surface area contributed by atoms with E-state index in [-0.39, 0.29) is 0 Å². The topological polar surface area (TPSA) is 49.5 Å². The van der Waals surface area contributed by atoms with Crippen LogP contribution < -0.4 is 5.84 Å². The van der Waals surface area contributed by atoms with Crippen molar-refractivity contribution in [3.63, 3.8) is 0 Å². The van der Waals surface area contributed by atoms with E-state index in [0.717, 1.165) is 18.7 Å². The van der Waals surface area contributed by atoms with Gasteiger partial charge in [0.1, 0.15) is 0 Å². The van der Waals surface area contributed by atoms with Crippen LogP contribution in [0, 0.1) is 0 Å². The summed E-state index contributed by atoms with van der Waals surface area (Å²) in [5, 5.41) is 13.3. The fourth-order valence-corrected chi connectivity index (χ4v) is 2.47. The Balaban J connectivity index is 2.07. The van der Waals surface area contributed by atoms with Crippen LogP contribution in [-0.4, -0.2) is 28.8 Å². The standard InChI is InChI=1S/C12H16Cl2N2O/c13-10-2-1-9(7-11(10)14)8-12(17)3-5-16(15)6-4-12/h1-2,7,17H,3-6,8,15H2. The molecule has 17 heavy (non-hydrogen) atoms. The lowest BCUT2D eigenvalue weighted by atomic mass is 9.86. The van der Waals surface area contributed by atoms with Crippen LogP contribution >= 0.6 is 23.2 Å². The van der Waals surface area contributed by atoms with E-state index >= 15 is 0 Å². The molecule has 1 aromatic carbocycles. The third kappa shape index (κ3) is 3.33. The van der Waals surface area contributed by atoms with Gasteiger partial charge in [0.25, 0.3) is 0 Å².